The first-order valence-electron chi connectivity index (χ1n) is 6.09. The minimum atomic E-state index is 0.734. The van der Waals surface area contributed by atoms with E-state index >= 15 is 0 Å². The monoisotopic (exact) mass is 196 g/mol. The van der Waals surface area contributed by atoms with Gasteiger partial charge >= 0.3 is 0 Å². The second-order valence-electron chi connectivity index (χ2n) is 5.44. The fraction of sp³-hybridized carbons (Fsp3) is 1.00. The molecule has 14 heavy (non-hydrogen) atoms. The molecule has 2 rings (SSSR count). The average Bonchev–Trinajstić information content (AvgIpc) is 2.19. The van der Waals surface area contributed by atoms with Gasteiger partial charge in [0.25, 0.3) is 0 Å². The van der Waals surface area contributed by atoms with E-state index in [2.05, 4.69) is 24.3 Å². The number of piperidine rings is 1. The van der Waals surface area contributed by atoms with Gasteiger partial charge in [-0.15, -0.1) is 0 Å². The largest absolute Gasteiger partial charge is 0.317 e. The summed E-state index contributed by atoms with van der Waals surface area (Å²) in [5, 5.41) is 3.48. The van der Waals surface area contributed by atoms with Crippen LogP contribution in [0.15, 0.2) is 0 Å². The second-order valence-corrected chi connectivity index (χ2v) is 5.44. The Bertz CT molecular complexity index is 173. The third kappa shape index (κ3) is 2.12. The molecule has 2 heteroatoms. The van der Waals surface area contributed by atoms with Crippen molar-refractivity contribution in [1.82, 2.24) is 10.2 Å². The molecule has 0 aromatic carbocycles. The van der Waals surface area contributed by atoms with Crippen molar-refractivity contribution in [1.29, 1.82) is 0 Å². The molecule has 1 aliphatic carbocycles. The van der Waals surface area contributed by atoms with Crippen molar-refractivity contribution < 1.29 is 0 Å². The highest BCUT2D eigenvalue weighted by atomic mass is 15.1. The summed E-state index contributed by atoms with van der Waals surface area (Å²) < 4.78 is 0. The van der Waals surface area contributed by atoms with Crippen molar-refractivity contribution in [2.45, 2.75) is 44.6 Å². The topological polar surface area (TPSA) is 15.3 Å². The summed E-state index contributed by atoms with van der Waals surface area (Å²) >= 11 is 0. The molecule has 1 saturated heterocycles. The van der Waals surface area contributed by atoms with E-state index in [4.69, 9.17) is 0 Å². The Morgan fingerprint density at radius 2 is 1.57 bits per heavy atom. The van der Waals surface area contributed by atoms with E-state index in [1.165, 1.54) is 51.6 Å². The van der Waals surface area contributed by atoms with Crippen LogP contribution in [0, 0.1) is 5.41 Å². The van der Waals surface area contributed by atoms with E-state index in [0.717, 1.165) is 11.5 Å². The molecule has 1 heterocycles. The number of nitrogens with one attached hydrogen (secondary N) is 1. The highest BCUT2D eigenvalue weighted by molar-refractivity contribution is 4.90. The highest BCUT2D eigenvalue weighted by Gasteiger charge is 2.36. The zero-order valence-electron chi connectivity index (χ0n) is 9.68. The predicted molar refractivity (Wildman–Crippen MR) is 60.5 cm³/mol. The average molecular weight is 196 g/mol. The minimum Gasteiger partial charge on any atom is -0.317 e. The quantitative estimate of drug-likeness (QED) is 0.688. The van der Waals surface area contributed by atoms with Crippen LogP contribution in [0.1, 0.15) is 38.5 Å². The van der Waals surface area contributed by atoms with Gasteiger partial charge < -0.3 is 10.2 Å². The molecule has 0 bridgehead atoms. The first-order valence-corrected chi connectivity index (χ1v) is 6.09. The molecule has 0 radical (unpaired) electrons. The van der Waals surface area contributed by atoms with Gasteiger partial charge in [-0.1, -0.05) is 0 Å². The van der Waals surface area contributed by atoms with Crippen molar-refractivity contribution in [2.75, 3.05) is 27.2 Å². The van der Waals surface area contributed by atoms with Crippen molar-refractivity contribution in [2.24, 2.45) is 5.41 Å². The van der Waals surface area contributed by atoms with Crippen LogP contribution in [-0.2, 0) is 0 Å². The molecular formula is C12H24N2. The lowest BCUT2D eigenvalue weighted by Crippen LogP contribution is -2.42. The normalized spacial score (nSPS) is 28.5. The van der Waals surface area contributed by atoms with Crippen LogP contribution >= 0.6 is 0 Å². The standard InChI is InChI=1S/C12H24N2/c1-14(2)11-3-5-12(6-4-11)7-9-13-10-8-12/h11,13H,3-10H2,1-2H3. The molecule has 2 nitrogen and oxygen atoms in total. The maximum Gasteiger partial charge on any atom is 0.00895 e. The minimum absolute atomic E-state index is 0.734. The molecule has 82 valence electrons. The fourth-order valence-corrected chi connectivity index (χ4v) is 3.19. The summed E-state index contributed by atoms with van der Waals surface area (Å²) in [6.07, 6.45) is 8.63. The Kier molecular flexibility index (Phi) is 3.13. The summed E-state index contributed by atoms with van der Waals surface area (Å²) in [6.45, 7) is 2.51. The first kappa shape index (κ1) is 10.4. The highest BCUT2D eigenvalue weighted by Crippen LogP contribution is 2.43. The third-order valence-corrected chi connectivity index (χ3v) is 4.41. The van der Waals surface area contributed by atoms with Crippen LogP contribution in [0.5, 0.6) is 0 Å². The lowest BCUT2D eigenvalue weighted by Gasteiger charge is -2.44. The Morgan fingerprint density at radius 1 is 1.00 bits per heavy atom. The van der Waals surface area contributed by atoms with E-state index in [0.29, 0.717) is 0 Å². The van der Waals surface area contributed by atoms with Gasteiger partial charge in [-0.25, -0.2) is 0 Å². The van der Waals surface area contributed by atoms with Crippen molar-refractivity contribution >= 4 is 0 Å². The molecule has 0 aromatic rings. The number of rotatable bonds is 1. The van der Waals surface area contributed by atoms with Crippen LogP contribution in [0.2, 0.25) is 0 Å². The van der Waals surface area contributed by atoms with Gasteiger partial charge in [-0.2, -0.15) is 0 Å². The molecule has 0 amide bonds. The fourth-order valence-electron chi connectivity index (χ4n) is 3.19. The summed E-state index contributed by atoms with van der Waals surface area (Å²) in [4.78, 5) is 2.41. The van der Waals surface area contributed by atoms with Gasteiger partial charge in [-0.3, -0.25) is 0 Å². The van der Waals surface area contributed by atoms with Gasteiger partial charge in [-0.05, 0) is 71.1 Å². The molecule has 0 atom stereocenters. The number of nitrogens with zero attached hydrogens (tertiary/aromatic N) is 1. The Balaban J connectivity index is 1.87. The van der Waals surface area contributed by atoms with E-state index < -0.39 is 0 Å². The SMILES string of the molecule is CN(C)C1CCC2(CCNCC2)CC1. The van der Waals surface area contributed by atoms with Crippen LogP contribution in [0.3, 0.4) is 0 Å². The van der Waals surface area contributed by atoms with Crippen molar-refractivity contribution in [3.63, 3.8) is 0 Å². The first-order chi connectivity index (χ1) is 6.72. The van der Waals surface area contributed by atoms with Crippen LogP contribution in [-0.4, -0.2) is 38.1 Å². The van der Waals surface area contributed by atoms with Crippen LogP contribution < -0.4 is 5.32 Å². The molecule has 0 unspecified atom stereocenters. The summed E-state index contributed by atoms with van der Waals surface area (Å²) in [5.74, 6) is 0. The Morgan fingerprint density at radius 3 is 2.07 bits per heavy atom. The van der Waals surface area contributed by atoms with Crippen molar-refractivity contribution in [3.05, 3.63) is 0 Å². The van der Waals surface area contributed by atoms with Crippen molar-refractivity contribution in [3.8, 4) is 0 Å². The zero-order chi connectivity index (χ0) is 10.0. The van der Waals surface area contributed by atoms with Gasteiger partial charge in [0.2, 0.25) is 0 Å². The molecule has 2 fully saturated rings. The van der Waals surface area contributed by atoms with E-state index in [9.17, 15) is 0 Å². The summed E-state index contributed by atoms with van der Waals surface area (Å²) in [7, 11) is 4.45. The van der Waals surface area contributed by atoms with Gasteiger partial charge in [0, 0.05) is 6.04 Å². The summed E-state index contributed by atoms with van der Waals surface area (Å²) in [5.41, 5.74) is 0.734. The van der Waals surface area contributed by atoms with E-state index in [1.54, 1.807) is 0 Å². The molecule has 0 aromatic heterocycles. The summed E-state index contributed by atoms with van der Waals surface area (Å²) in [6, 6.07) is 0.857. The van der Waals surface area contributed by atoms with Gasteiger partial charge in [0.1, 0.15) is 0 Å². The van der Waals surface area contributed by atoms with Gasteiger partial charge in [0.05, 0.1) is 0 Å². The number of hydrogen-bond donors (Lipinski definition) is 1. The van der Waals surface area contributed by atoms with E-state index in [-0.39, 0.29) is 0 Å². The molecule has 1 aliphatic heterocycles. The lowest BCUT2D eigenvalue weighted by atomic mass is 9.67. The predicted octanol–water partition coefficient (Wildman–Crippen LogP) is 1.86. The molecular weight excluding hydrogens is 172 g/mol. The molecule has 1 saturated carbocycles. The maximum absolute atomic E-state index is 3.48. The van der Waals surface area contributed by atoms with Crippen LogP contribution in [0.4, 0.5) is 0 Å². The van der Waals surface area contributed by atoms with E-state index in [1.807, 2.05) is 0 Å². The number of hydrogen-bond acceptors (Lipinski definition) is 2. The Labute approximate surface area is 88.1 Å². The molecule has 1 N–H and O–H groups in total. The molecule has 2 aliphatic rings. The Hall–Kier alpha value is -0.0800. The smallest absolute Gasteiger partial charge is 0.00895 e. The van der Waals surface area contributed by atoms with Crippen LogP contribution in [0.25, 0.3) is 0 Å². The maximum atomic E-state index is 3.48. The lowest BCUT2D eigenvalue weighted by molar-refractivity contribution is 0.0860. The third-order valence-electron chi connectivity index (χ3n) is 4.41. The second kappa shape index (κ2) is 4.19. The zero-order valence-corrected chi connectivity index (χ0v) is 9.68. The molecule has 1 spiro atoms. The van der Waals surface area contributed by atoms with Gasteiger partial charge in [0.15, 0.2) is 0 Å².